The summed E-state index contributed by atoms with van der Waals surface area (Å²) >= 11 is 1.19. The van der Waals surface area contributed by atoms with Gasteiger partial charge in [0.05, 0.1) is 4.88 Å². The number of nitrogens with one attached hydrogen (secondary N) is 1. The van der Waals surface area contributed by atoms with Crippen LogP contribution in [-0.2, 0) is 4.79 Å². The van der Waals surface area contributed by atoms with Crippen molar-refractivity contribution in [3.8, 4) is 0 Å². The summed E-state index contributed by atoms with van der Waals surface area (Å²) in [7, 11) is 0. The summed E-state index contributed by atoms with van der Waals surface area (Å²) in [4.78, 5) is 23.5. The quantitative estimate of drug-likeness (QED) is 0.671. The molecule has 17 heavy (non-hydrogen) atoms. The molecule has 0 aliphatic rings. The molecule has 2 aromatic rings. The van der Waals surface area contributed by atoms with Crippen LogP contribution in [0.5, 0.6) is 0 Å². The fourth-order valence-electron chi connectivity index (χ4n) is 1.27. The highest BCUT2D eigenvalue weighted by Crippen LogP contribution is 2.12. The minimum absolute atomic E-state index is 0.264. The molecule has 3 nitrogen and oxygen atoms in total. The van der Waals surface area contributed by atoms with Crippen LogP contribution in [0.1, 0.15) is 9.67 Å². The van der Waals surface area contributed by atoms with Crippen LogP contribution in [0.15, 0.2) is 41.8 Å². The maximum Gasteiger partial charge on any atom is 0.297 e. The number of amides is 1. The molecule has 0 saturated heterocycles. The number of hydrogen-bond acceptors (Lipinski definition) is 3. The van der Waals surface area contributed by atoms with E-state index in [1.807, 2.05) is 0 Å². The average Bonchev–Trinajstić information content (AvgIpc) is 2.81. The zero-order valence-corrected chi connectivity index (χ0v) is 9.46. The number of thiophene rings is 1. The van der Waals surface area contributed by atoms with Crippen molar-refractivity contribution < 1.29 is 14.0 Å². The molecule has 0 atom stereocenters. The zero-order valence-electron chi connectivity index (χ0n) is 8.64. The lowest BCUT2D eigenvalue weighted by Gasteiger charge is -2.02. The minimum atomic E-state index is -0.766. The predicted octanol–water partition coefficient (Wildman–Crippen LogP) is 2.71. The number of Topliss-reactive ketones (excluding diaryl/α,β-unsaturated/α-hetero) is 1. The van der Waals surface area contributed by atoms with Gasteiger partial charge < -0.3 is 5.32 Å². The Bertz CT molecular complexity index is 551. The van der Waals surface area contributed by atoms with Crippen LogP contribution < -0.4 is 5.32 Å². The van der Waals surface area contributed by atoms with E-state index in [9.17, 15) is 14.0 Å². The maximum atomic E-state index is 12.9. The van der Waals surface area contributed by atoms with E-state index in [0.29, 0.717) is 4.88 Å². The fourth-order valence-corrected chi connectivity index (χ4v) is 1.93. The Morgan fingerprint density at radius 2 is 2.00 bits per heavy atom. The molecule has 0 spiro atoms. The predicted molar refractivity (Wildman–Crippen MR) is 63.7 cm³/mol. The Hall–Kier alpha value is -2.01. The van der Waals surface area contributed by atoms with Gasteiger partial charge in [-0.3, -0.25) is 9.59 Å². The number of rotatable bonds is 3. The number of carbonyl (C=O) groups is 2. The highest BCUT2D eigenvalue weighted by atomic mass is 32.1. The highest BCUT2D eigenvalue weighted by molar-refractivity contribution is 7.13. The first-order chi connectivity index (χ1) is 8.16. The second-order valence-electron chi connectivity index (χ2n) is 3.27. The lowest BCUT2D eigenvalue weighted by Crippen LogP contribution is -2.22. The molecular weight excluding hydrogens is 241 g/mol. The van der Waals surface area contributed by atoms with Gasteiger partial charge in [-0.05, 0) is 29.6 Å². The summed E-state index contributed by atoms with van der Waals surface area (Å²) in [6, 6.07) is 8.64. The molecule has 1 heterocycles. The molecule has 1 amide bonds. The number of ketones is 1. The normalized spacial score (nSPS) is 9.94. The van der Waals surface area contributed by atoms with Crippen molar-refractivity contribution in [3.05, 3.63) is 52.5 Å². The molecule has 1 N–H and O–H groups in total. The van der Waals surface area contributed by atoms with Gasteiger partial charge in [-0.1, -0.05) is 12.1 Å². The van der Waals surface area contributed by atoms with Gasteiger partial charge in [-0.2, -0.15) is 0 Å². The molecule has 0 fully saturated rings. The molecule has 0 radical (unpaired) electrons. The Morgan fingerprint density at radius 1 is 1.18 bits per heavy atom. The topological polar surface area (TPSA) is 46.2 Å². The Balaban J connectivity index is 2.10. The van der Waals surface area contributed by atoms with Crippen molar-refractivity contribution in [1.29, 1.82) is 0 Å². The van der Waals surface area contributed by atoms with Gasteiger partial charge in [0.1, 0.15) is 5.82 Å². The van der Waals surface area contributed by atoms with Crippen LogP contribution in [0, 0.1) is 5.82 Å². The van der Waals surface area contributed by atoms with Crippen molar-refractivity contribution >= 4 is 28.7 Å². The van der Waals surface area contributed by atoms with E-state index in [2.05, 4.69) is 5.32 Å². The number of hydrogen-bond donors (Lipinski definition) is 1. The van der Waals surface area contributed by atoms with E-state index in [1.54, 1.807) is 17.5 Å². The van der Waals surface area contributed by atoms with Crippen LogP contribution in [0.2, 0.25) is 0 Å². The van der Waals surface area contributed by atoms with Gasteiger partial charge in [-0.25, -0.2) is 4.39 Å². The first kappa shape index (κ1) is 11.5. The van der Waals surface area contributed by atoms with Crippen LogP contribution >= 0.6 is 11.3 Å². The van der Waals surface area contributed by atoms with Crippen LogP contribution in [-0.4, -0.2) is 11.7 Å². The van der Waals surface area contributed by atoms with Gasteiger partial charge in [0.15, 0.2) is 0 Å². The van der Waals surface area contributed by atoms with E-state index in [4.69, 9.17) is 0 Å². The summed E-state index contributed by atoms with van der Waals surface area (Å²) in [5, 5.41) is 4.06. The fraction of sp³-hybridized carbons (Fsp3) is 0. The van der Waals surface area contributed by atoms with Crippen LogP contribution in [0.4, 0.5) is 10.1 Å². The number of benzene rings is 1. The molecule has 5 heteroatoms. The number of carbonyl (C=O) groups excluding carboxylic acids is 2. The van der Waals surface area contributed by atoms with Crippen molar-refractivity contribution in [1.82, 2.24) is 0 Å². The number of anilines is 1. The van der Waals surface area contributed by atoms with Gasteiger partial charge in [0.25, 0.3) is 11.7 Å². The maximum absolute atomic E-state index is 12.9. The molecule has 2 rings (SSSR count). The minimum Gasteiger partial charge on any atom is -0.319 e. The third kappa shape index (κ3) is 2.76. The molecule has 86 valence electrons. The van der Waals surface area contributed by atoms with Crippen LogP contribution in [0.25, 0.3) is 0 Å². The van der Waals surface area contributed by atoms with Crippen molar-refractivity contribution in [2.24, 2.45) is 0 Å². The van der Waals surface area contributed by atoms with Gasteiger partial charge in [0, 0.05) is 5.69 Å². The largest absolute Gasteiger partial charge is 0.319 e. The molecule has 0 aliphatic heterocycles. The summed E-state index contributed by atoms with van der Waals surface area (Å²) < 4.78 is 12.9. The number of halogens is 1. The monoisotopic (exact) mass is 249 g/mol. The van der Waals surface area contributed by atoms with Crippen molar-refractivity contribution in [3.63, 3.8) is 0 Å². The smallest absolute Gasteiger partial charge is 0.297 e. The third-order valence-corrected chi connectivity index (χ3v) is 2.90. The summed E-state index contributed by atoms with van der Waals surface area (Å²) in [6.07, 6.45) is 0. The van der Waals surface area contributed by atoms with E-state index in [0.717, 1.165) is 6.07 Å². The standard InChI is InChI=1S/C12H8FNO2S/c13-8-3-1-4-9(7-8)14-12(16)11(15)10-5-2-6-17-10/h1-7H,(H,14,16). The second kappa shape index (κ2) is 4.88. The molecule has 0 unspecified atom stereocenters. The van der Waals surface area contributed by atoms with E-state index < -0.39 is 17.5 Å². The molecule has 0 bridgehead atoms. The second-order valence-corrected chi connectivity index (χ2v) is 4.22. The van der Waals surface area contributed by atoms with Gasteiger partial charge in [-0.15, -0.1) is 11.3 Å². The molecule has 0 aliphatic carbocycles. The summed E-state index contributed by atoms with van der Waals surface area (Å²) in [5.41, 5.74) is 0.264. The Morgan fingerprint density at radius 3 is 2.65 bits per heavy atom. The van der Waals surface area contributed by atoms with Gasteiger partial charge in [0.2, 0.25) is 0 Å². The molecule has 0 saturated carbocycles. The van der Waals surface area contributed by atoms with Gasteiger partial charge >= 0.3 is 0 Å². The van der Waals surface area contributed by atoms with E-state index in [1.165, 1.54) is 29.5 Å². The van der Waals surface area contributed by atoms with Crippen LogP contribution in [0.3, 0.4) is 0 Å². The SMILES string of the molecule is O=C(Nc1cccc(F)c1)C(=O)c1cccs1. The summed E-state index contributed by atoms with van der Waals surface area (Å²) in [6.45, 7) is 0. The van der Waals surface area contributed by atoms with E-state index in [-0.39, 0.29) is 5.69 Å². The molecule has 1 aromatic heterocycles. The van der Waals surface area contributed by atoms with E-state index >= 15 is 0 Å². The molecular formula is C12H8FNO2S. The third-order valence-electron chi connectivity index (χ3n) is 2.03. The Labute approximate surface area is 101 Å². The lowest BCUT2D eigenvalue weighted by atomic mass is 10.2. The zero-order chi connectivity index (χ0) is 12.3. The average molecular weight is 249 g/mol. The van der Waals surface area contributed by atoms with Crippen molar-refractivity contribution in [2.75, 3.05) is 5.32 Å². The summed E-state index contributed by atoms with van der Waals surface area (Å²) in [5.74, 6) is -1.85. The first-order valence-corrected chi connectivity index (χ1v) is 5.69. The lowest BCUT2D eigenvalue weighted by molar-refractivity contribution is -0.112. The first-order valence-electron chi connectivity index (χ1n) is 4.81. The Kier molecular flexibility index (Phi) is 3.30. The van der Waals surface area contributed by atoms with Crippen molar-refractivity contribution in [2.45, 2.75) is 0 Å². The molecule has 1 aromatic carbocycles. The highest BCUT2D eigenvalue weighted by Gasteiger charge is 2.17.